The number of carbonyl (C=O) groups excluding carboxylic acids is 1. The van der Waals surface area contributed by atoms with Crippen molar-refractivity contribution in [2.75, 3.05) is 7.05 Å². The molecule has 1 aliphatic heterocycles. The van der Waals surface area contributed by atoms with Gasteiger partial charge in [-0.15, -0.1) is 0 Å². The fourth-order valence-electron chi connectivity index (χ4n) is 2.35. The van der Waals surface area contributed by atoms with Crippen molar-refractivity contribution in [2.45, 2.75) is 6.42 Å². The summed E-state index contributed by atoms with van der Waals surface area (Å²) in [4.78, 5) is 16.2. The number of hydrogen-bond acceptors (Lipinski definition) is 2. The Kier molecular flexibility index (Phi) is 3.28. The van der Waals surface area contributed by atoms with Crippen molar-refractivity contribution in [3.05, 3.63) is 64.7 Å². The number of halogens is 1. The van der Waals surface area contributed by atoms with Crippen LogP contribution >= 0.6 is 11.6 Å². The number of benzene rings is 2. The van der Waals surface area contributed by atoms with Crippen LogP contribution in [0.3, 0.4) is 0 Å². The van der Waals surface area contributed by atoms with Gasteiger partial charge in [0.05, 0.1) is 5.69 Å². The van der Waals surface area contributed by atoms with E-state index in [1.807, 2.05) is 30.3 Å². The maximum atomic E-state index is 11.7. The quantitative estimate of drug-likeness (QED) is 0.858. The lowest BCUT2D eigenvalue weighted by atomic mass is 9.99. The molecule has 0 saturated heterocycles. The minimum Gasteiger partial charge on any atom is -0.355 e. The number of carbonyl (C=O) groups is 1. The summed E-state index contributed by atoms with van der Waals surface area (Å²) in [6.07, 6.45) is 0.763. The van der Waals surface area contributed by atoms with Gasteiger partial charge in [0.25, 0.3) is 5.91 Å². The maximum absolute atomic E-state index is 11.7. The zero-order valence-corrected chi connectivity index (χ0v) is 11.7. The molecule has 4 heteroatoms. The van der Waals surface area contributed by atoms with Gasteiger partial charge in [-0.2, -0.15) is 0 Å². The molecule has 0 atom stereocenters. The minimum atomic E-state index is -0.124. The first-order valence-electron chi connectivity index (χ1n) is 6.36. The zero-order chi connectivity index (χ0) is 14.1. The second kappa shape index (κ2) is 5.10. The monoisotopic (exact) mass is 284 g/mol. The maximum Gasteiger partial charge on any atom is 0.251 e. The van der Waals surface area contributed by atoms with Crippen LogP contribution < -0.4 is 5.32 Å². The summed E-state index contributed by atoms with van der Waals surface area (Å²) >= 11 is 6.29. The topological polar surface area (TPSA) is 41.5 Å². The van der Waals surface area contributed by atoms with E-state index in [1.54, 1.807) is 13.1 Å². The van der Waals surface area contributed by atoms with Gasteiger partial charge in [-0.25, -0.2) is 4.99 Å². The van der Waals surface area contributed by atoms with Crippen molar-refractivity contribution in [2.24, 2.45) is 4.99 Å². The molecular formula is C16H13ClN2O. The minimum absolute atomic E-state index is 0.124. The van der Waals surface area contributed by atoms with Gasteiger partial charge >= 0.3 is 0 Å². The molecule has 0 spiro atoms. The third-order valence-corrected chi connectivity index (χ3v) is 3.70. The van der Waals surface area contributed by atoms with E-state index in [4.69, 9.17) is 11.6 Å². The molecular weight excluding hydrogens is 272 g/mol. The van der Waals surface area contributed by atoms with Gasteiger partial charge in [-0.05, 0) is 23.3 Å². The first-order valence-corrected chi connectivity index (χ1v) is 6.74. The molecule has 3 rings (SSSR count). The van der Waals surface area contributed by atoms with Gasteiger partial charge in [-0.3, -0.25) is 4.79 Å². The van der Waals surface area contributed by atoms with E-state index in [-0.39, 0.29) is 5.91 Å². The fraction of sp³-hybridized carbons (Fsp3) is 0.125. The fourth-order valence-corrected chi connectivity index (χ4v) is 2.63. The standard InChI is InChI=1S/C16H13ClN2O/c1-18-16(20)12-7-6-11-8-10-4-2-3-5-13(10)15(17)19-14(11)9-12/h2-7,9H,8H2,1H3,(H,18,20). The normalized spacial score (nSPS) is 12.8. The number of nitrogens with zero attached hydrogens (tertiary/aromatic N) is 1. The zero-order valence-electron chi connectivity index (χ0n) is 11.0. The molecule has 100 valence electrons. The van der Waals surface area contributed by atoms with E-state index in [1.165, 1.54) is 0 Å². The predicted molar refractivity (Wildman–Crippen MR) is 81.1 cm³/mol. The van der Waals surface area contributed by atoms with Crippen LogP contribution in [0.2, 0.25) is 0 Å². The van der Waals surface area contributed by atoms with Gasteiger partial charge in [-0.1, -0.05) is 41.9 Å². The van der Waals surface area contributed by atoms with Crippen LogP contribution in [0.5, 0.6) is 0 Å². The van der Waals surface area contributed by atoms with Crippen LogP contribution in [0.1, 0.15) is 27.0 Å². The molecule has 1 amide bonds. The molecule has 0 fully saturated rings. The van der Waals surface area contributed by atoms with Gasteiger partial charge < -0.3 is 5.32 Å². The molecule has 3 nitrogen and oxygen atoms in total. The van der Waals surface area contributed by atoms with Gasteiger partial charge in [0.2, 0.25) is 0 Å². The van der Waals surface area contributed by atoms with Crippen LogP contribution in [0.4, 0.5) is 5.69 Å². The molecule has 1 N–H and O–H groups in total. The second-order valence-corrected chi connectivity index (χ2v) is 5.02. The summed E-state index contributed by atoms with van der Waals surface area (Å²) in [7, 11) is 1.61. The number of fused-ring (bicyclic) bond motifs is 2. The molecule has 0 radical (unpaired) electrons. The van der Waals surface area contributed by atoms with Gasteiger partial charge in [0, 0.05) is 24.6 Å². The highest BCUT2D eigenvalue weighted by Crippen LogP contribution is 2.30. The summed E-state index contributed by atoms with van der Waals surface area (Å²) in [5.41, 5.74) is 4.51. The third kappa shape index (κ3) is 2.21. The Bertz CT molecular complexity index is 722. The summed E-state index contributed by atoms with van der Waals surface area (Å²) in [5, 5.41) is 3.08. The first-order chi connectivity index (χ1) is 9.69. The lowest BCUT2D eigenvalue weighted by Gasteiger charge is -2.06. The van der Waals surface area contributed by atoms with E-state index in [2.05, 4.69) is 16.4 Å². The summed E-state index contributed by atoms with van der Waals surface area (Å²) in [6, 6.07) is 13.5. The predicted octanol–water partition coefficient (Wildman–Crippen LogP) is 3.27. The highest BCUT2D eigenvalue weighted by molar-refractivity contribution is 6.70. The van der Waals surface area contributed by atoms with Gasteiger partial charge in [0.1, 0.15) is 5.17 Å². The highest BCUT2D eigenvalue weighted by Gasteiger charge is 2.16. The molecule has 1 heterocycles. The lowest BCUT2D eigenvalue weighted by Crippen LogP contribution is -2.17. The van der Waals surface area contributed by atoms with E-state index in [9.17, 15) is 4.79 Å². The van der Waals surface area contributed by atoms with Crippen LogP contribution in [0.15, 0.2) is 47.5 Å². The Balaban J connectivity index is 2.13. The average Bonchev–Trinajstić information content (AvgIpc) is 2.62. The van der Waals surface area contributed by atoms with Crippen LogP contribution in [-0.4, -0.2) is 18.1 Å². The Morgan fingerprint density at radius 1 is 1.20 bits per heavy atom. The first kappa shape index (κ1) is 12.9. The van der Waals surface area contributed by atoms with Gasteiger partial charge in [0.15, 0.2) is 0 Å². The SMILES string of the molecule is CNC(=O)c1ccc2c(c1)N=C(Cl)c1ccccc1C2. The van der Waals surface area contributed by atoms with E-state index in [0.29, 0.717) is 10.7 Å². The smallest absolute Gasteiger partial charge is 0.251 e. The molecule has 0 aromatic heterocycles. The summed E-state index contributed by atoms with van der Waals surface area (Å²) in [5.74, 6) is -0.124. The largest absolute Gasteiger partial charge is 0.355 e. The number of aliphatic imine (C=N–C) groups is 1. The van der Waals surface area contributed by atoms with E-state index in [0.717, 1.165) is 28.8 Å². The lowest BCUT2D eigenvalue weighted by molar-refractivity contribution is 0.0963. The van der Waals surface area contributed by atoms with Crippen molar-refractivity contribution in [1.82, 2.24) is 5.32 Å². The molecule has 2 aromatic carbocycles. The van der Waals surface area contributed by atoms with E-state index >= 15 is 0 Å². The van der Waals surface area contributed by atoms with E-state index < -0.39 is 0 Å². The summed E-state index contributed by atoms with van der Waals surface area (Å²) in [6.45, 7) is 0. The Labute approximate surface area is 122 Å². The third-order valence-electron chi connectivity index (χ3n) is 3.41. The summed E-state index contributed by atoms with van der Waals surface area (Å²) < 4.78 is 0. The second-order valence-electron chi connectivity index (χ2n) is 4.66. The molecule has 2 aromatic rings. The van der Waals surface area contributed by atoms with Crippen LogP contribution in [0.25, 0.3) is 0 Å². The molecule has 0 unspecified atom stereocenters. The van der Waals surface area contributed by atoms with Crippen molar-refractivity contribution in [1.29, 1.82) is 0 Å². The average molecular weight is 285 g/mol. The number of nitrogens with one attached hydrogen (secondary N) is 1. The number of amides is 1. The number of rotatable bonds is 1. The molecule has 1 aliphatic rings. The molecule has 20 heavy (non-hydrogen) atoms. The Morgan fingerprint density at radius 2 is 2.00 bits per heavy atom. The molecule has 0 saturated carbocycles. The van der Waals surface area contributed by atoms with Crippen LogP contribution in [-0.2, 0) is 6.42 Å². The number of hydrogen-bond donors (Lipinski definition) is 1. The highest BCUT2D eigenvalue weighted by atomic mass is 35.5. The van der Waals surface area contributed by atoms with Crippen molar-refractivity contribution >= 4 is 28.4 Å². The Morgan fingerprint density at radius 3 is 2.80 bits per heavy atom. The van der Waals surface area contributed by atoms with Crippen molar-refractivity contribution in [3.63, 3.8) is 0 Å². The molecule has 0 bridgehead atoms. The van der Waals surface area contributed by atoms with Crippen molar-refractivity contribution in [3.8, 4) is 0 Å². The Hall–Kier alpha value is -2.13. The van der Waals surface area contributed by atoms with Crippen LogP contribution in [0, 0.1) is 0 Å². The molecule has 0 aliphatic carbocycles. The van der Waals surface area contributed by atoms with Crippen molar-refractivity contribution < 1.29 is 4.79 Å².